The third-order valence-corrected chi connectivity index (χ3v) is 4.26. The van der Waals surface area contributed by atoms with Crippen molar-refractivity contribution in [3.63, 3.8) is 0 Å². The number of aryl methyl sites for hydroxylation is 1. The molecule has 0 bridgehead atoms. The van der Waals surface area contributed by atoms with Crippen LogP contribution < -0.4 is 10.6 Å². The quantitative estimate of drug-likeness (QED) is 0.166. The Balaban J connectivity index is 0.00000280. The summed E-state index contributed by atoms with van der Waals surface area (Å²) >= 11 is 0. The van der Waals surface area contributed by atoms with E-state index in [2.05, 4.69) is 25.6 Å². The molecule has 1 unspecified atom stereocenters. The molecule has 0 aliphatic heterocycles. The average Bonchev–Trinajstić information content (AvgIpc) is 3.32. The molecule has 0 spiro atoms. The Bertz CT molecular complexity index is 841. The number of rotatable bonds is 8. The minimum atomic E-state index is -1.14. The van der Waals surface area contributed by atoms with E-state index in [1.165, 1.54) is 0 Å². The minimum absolute atomic E-state index is 0. The van der Waals surface area contributed by atoms with Gasteiger partial charge in [0.15, 0.2) is 5.96 Å². The Morgan fingerprint density at radius 2 is 2.07 bits per heavy atom. The number of nitrogens with one attached hydrogen (secondary N) is 3. The zero-order chi connectivity index (χ0) is 19.1. The van der Waals surface area contributed by atoms with Gasteiger partial charge in [0.1, 0.15) is 17.2 Å². The molecule has 2 aromatic heterocycles. The molecule has 0 radical (unpaired) electrons. The van der Waals surface area contributed by atoms with Crippen molar-refractivity contribution < 1.29 is 9.52 Å². The zero-order valence-corrected chi connectivity index (χ0v) is 18.6. The number of hydrogen-bond donors (Lipinski definition) is 4. The fourth-order valence-corrected chi connectivity index (χ4v) is 2.82. The predicted molar refractivity (Wildman–Crippen MR) is 122 cm³/mol. The molecule has 0 saturated carbocycles. The molecule has 2 heterocycles. The van der Waals surface area contributed by atoms with Crippen LogP contribution in [0.15, 0.2) is 52.1 Å². The number of benzene rings is 1. The van der Waals surface area contributed by atoms with Crippen molar-refractivity contribution in [3.8, 4) is 0 Å². The Morgan fingerprint density at radius 3 is 2.79 bits per heavy atom. The van der Waals surface area contributed by atoms with E-state index < -0.39 is 5.60 Å². The number of H-pyrrole nitrogens is 1. The molecule has 7 nitrogen and oxygen atoms in total. The topological polar surface area (TPSA) is 98.5 Å². The van der Waals surface area contributed by atoms with Gasteiger partial charge in [0.2, 0.25) is 0 Å². The SMILES string of the molecule is CCNC(=NCC(C)(O)c1ccco1)NCCCc1nc2ccccc2[nH]1.I. The van der Waals surface area contributed by atoms with E-state index >= 15 is 0 Å². The summed E-state index contributed by atoms with van der Waals surface area (Å²) < 4.78 is 5.29. The first-order valence-corrected chi connectivity index (χ1v) is 9.30. The van der Waals surface area contributed by atoms with Gasteiger partial charge in [-0.25, -0.2) is 9.98 Å². The van der Waals surface area contributed by atoms with E-state index in [1.807, 2.05) is 31.2 Å². The maximum atomic E-state index is 10.5. The number of aromatic amines is 1. The summed E-state index contributed by atoms with van der Waals surface area (Å²) in [7, 11) is 0. The van der Waals surface area contributed by atoms with Gasteiger partial charge in [-0.2, -0.15) is 0 Å². The number of imidazole rings is 1. The van der Waals surface area contributed by atoms with E-state index in [9.17, 15) is 5.11 Å². The highest BCUT2D eigenvalue weighted by molar-refractivity contribution is 14.0. The highest BCUT2D eigenvalue weighted by atomic mass is 127. The lowest BCUT2D eigenvalue weighted by atomic mass is 10.0. The Kier molecular flexibility index (Phi) is 8.31. The lowest BCUT2D eigenvalue weighted by molar-refractivity contribution is 0.0437. The van der Waals surface area contributed by atoms with E-state index in [-0.39, 0.29) is 30.5 Å². The van der Waals surface area contributed by atoms with E-state index in [0.717, 1.165) is 42.8 Å². The molecule has 152 valence electrons. The first-order valence-electron chi connectivity index (χ1n) is 9.30. The minimum Gasteiger partial charge on any atom is -0.466 e. The maximum Gasteiger partial charge on any atom is 0.191 e. The van der Waals surface area contributed by atoms with Gasteiger partial charge in [0.05, 0.1) is 23.8 Å². The van der Waals surface area contributed by atoms with Crippen LogP contribution in [-0.2, 0) is 12.0 Å². The molecule has 0 amide bonds. The van der Waals surface area contributed by atoms with Crippen LogP contribution in [-0.4, -0.2) is 40.7 Å². The molecule has 0 aliphatic carbocycles. The van der Waals surface area contributed by atoms with Crippen LogP contribution in [0.2, 0.25) is 0 Å². The number of halogens is 1. The van der Waals surface area contributed by atoms with Gasteiger partial charge in [-0.05, 0) is 44.5 Å². The number of aliphatic hydroxyl groups is 1. The van der Waals surface area contributed by atoms with Gasteiger partial charge < -0.3 is 25.1 Å². The summed E-state index contributed by atoms with van der Waals surface area (Å²) in [5.74, 6) is 2.17. The Labute approximate surface area is 182 Å². The maximum absolute atomic E-state index is 10.5. The average molecular weight is 497 g/mol. The smallest absolute Gasteiger partial charge is 0.191 e. The van der Waals surface area contributed by atoms with Crippen LogP contribution >= 0.6 is 24.0 Å². The van der Waals surface area contributed by atoms with Gasteiger partial charge in [0, 0.05) is 19.5 Å². The number of aromatic nitrogens is 2. The zero-order valence-electron chi connectivity index (χ0n) is 16.2. The van der Waals surface area contributed by atoms with Crippen LogP contribution in [0.5, 0.6) is 0 Å². The normalized spacial score (nSPS) is 13.8. The monoisotopic (exact) mass is 497 g/mol. The standard InChI is InChI=1S/C20H27N5O2.HI/c1-3-21-19(23-14-20(2,26)17-10-7-13-27-17)22-12-6-11-18-24-15-8-4-5-9-16(15)25-18;/h4-5,7-10,13,26H,3,6,11-12,14H2,1-2H3,(H,24,25)(H2,21,22,23);1H. The van der Waals surface area contributed by atoms with Gasteiger partial charge in [-0.3, -0.25) is 0 Å². The van der Waals surface area contributed by atoms with Gasteiger partial charge in [-0.1, -0.05) is 12.1 Å². The number of fused-ring (bicyclic) bond motifs is 1. The molecular formula is C20H28IN5O2. The first-order chi connectivity index (χ1) is 13.1. The van der Waals surface area contributed by atoms with Crippen LogP contribution in [0.4, 0.5) is 0 Å². The van der Waals surface area contributed by atoms with Crippen molar-refractivity contribution >= 4 is 41.0 Å². The van der Waals surface area contributed by atoms with Gasteiger partial charge >= 0.3 is 0 Å². The third-order valence-electron chi connectivity index (χ3n) is 4.26. The van der Waals surface area contributed by atoms with Crippen molar-refractivity contribution in [3.05, 3.63) is 54.2 Å². The summed E-state index contributed by atoms with van der Waals surface area (Å²) in [6.45, 7) is 5.42. The van der Waals surface area contributed by atoms with Crippen LogP contribution in [0, 0.1) is 0 Å². The van der Waals surface area contributed by atoms with Gasteiger partial charge in [0.25, 0.3) is 0 Å². The van der Waals surface area contributed by atoms with Crippen LogP contribution in [0.1, 0.15) is 31.9 Å². The number of aliphatic imine (C=N–C) groups is 1. The second-order valence-electron chi connectivity index (χ2n) is 6.68. The lowest BCUT2D eigenvalue weighted by Gasteiger charge is -2.19. The molecule has 28 heavy (non-hydrogen) atoms. The van der Waals surface area contributed by atoms with E-state index in [4.69, 9.17) is 4.42 Å². The Hall–Kier alpha value is -2.07. The lowest BCUT2D eigenvalue weighted by Crippen LogP contribution is -2.39. The van der Waals surface area contributed by atoms with Crippen molar-refractivity contribution in [1.82, 2.24) is 20.6 Å². The number of guanidine groups is 1. The van der Waals surface area contributed by atoms with Crippen molar-refractivity contribution in [2.24, 2.45) is 4.99 Å². The van der Waals surface area contributed by atoms with Crippen molar-refractivity contribution in [2.45, 2.75) is 32.3 Å². The summed E-state index contributed by atoms with van der Waals surface area (Å²) in [6.07, 6.45) is 3.32. The molecule has 0 saturated heterocycles. The second-order valence-corrected chi connectivity index (χ2v) is 6.68. The van der Waals surface area contributed by atoms with E-state index in [0.29, 0.717) is 11.7 Å². The molecule has 0 aliphatic rings. The number of para-hydroxylation sites is 2. The van der Waals surface area contributed by atoms with Crippen molar-refractivity contribution in [1.29, 1.82) is 0 Å². The number of nitrogens with zero attached hydrogens (tertiary/aromatic N) is 2. The van der Waals surface area contributed by atoms with E-state index in [1.54, 1.807) is 25.3 Å². The molecule has 8 heteroatoms. The fraction of sp³-hybridized carbons (Fsp3) is 0.400. The first kappa shape index (κ1) is 22.2. The summed E-state index contributed by atoms with van der Waals surface area (Å²) in [5.41, 5.74) is 0.922. The molecule has 4 N–H and O–H groups in total. The molecule has 0 fully saturated rings. The third kappa shape index (κ3) is 5.96. The molecule has 3 aromatic rings. The van der Waals surface area contributed by atoms with Gasteiger partial charge in [-0.15, -0.1) is 24.0 Å². The molecule has 1 atom stereocenters. The van der Waals surface area contributed by atoms with Crippen molar-refractivity contribution in [2.75, 3.05) is 19.6 Å². The summed E-state index contributed by atoms with van der Waals surface area (Å²) in [4.78, 5) is 12.4. The summed E-state index contributed by atoms with van der Waals surface area (Å²) in [5, 5.41) is 17.0. The second kappa shape index (κ2) is 10.5. The fourth-order valence-electron chi connectivity index (χ4n) is 2.82. The highest BCUT2D eigenvalue weighted by Gasteiger charge is 2.26. The largest absolute Gasteiger partial charge is 0.466 e. The number of hydrogen-bond acceptors (Lipinski definition) is 4. The van der Waals surface area contributed by atoms with Crippen LogP contribution in [0.3, 0.4) is 0 Å². The predicted octanol–water partition coefficient (Wildman–Crippen LogP) is 3.17. The van der Waals surface area contributed by atoms with Crippen LogP contribution in [0.25, 0.3) is 11.0 Å². The molecule has 3 rings (SSSR count). The highest BCUT2D eigenvalue weighted by Crippen LogP contribution is 2.21. The number of furan rings is 1. The molecule has 1 aromatic carbocycles. The summed E-state index contributed by atoms with van der Waals surface area (Å²) in [6, 6.07) is 11.5. The Morgan fingerprint density at radius 1 is 1.25 bits per heavy atom. The molecular weight excluding hydrogens is 469 g/mol.